The summed E-state index contributed by atoms with van der Waals surface area (Å²) in [7, 11) is 5.26. The lowest BCUT2D eigenvalue weighted by Gasteiger charge is -2.23. The number of aromatic nitrogens is 12. The Labute approximate surface area is 344 Å². The Morgan fingerprint density at radius 2 is 1.13 bits per heavy atom. The monoisotopic (exact) mass is 814 g/mol. The maximum absolute atomic E-state index is 12.9. The van der Waals surface area contributed by atoms with Crippen molar-refractivity contribution in [3.05, 3.63) is 102 Å². The summed E-state index contributed by atoms with van der Waals surface area (Å²) in [6.07, 6.45) is 13.4. The number of hydrogen-bond donors (Lipinski definition) is 2. The van der Waals surface area contributed by atoms with Crippen LogP contribution in [0.2, 0.25) is 0 Å². The molecule has 0 radical (unpaired) electrons. The molecule has 4 unspecified atom stereocenters. The number of nitrogens with zero attached hydrogens (tertiary/aromatic N) is 14. The normalized spacial score (nSPS) is 21.1. The lowest BCUT2D eigenvalue weighted by atomic mass is 9.98. The van der Waals surface area contributed by atoms with E-state index in [0.717, 1.165) is 67.1 Å². The molecule has 4 aliphatic heterocycles. The molecule has 20 nitrogen and oxygen atoms in total. The lowest BCUT2D eigenvalue weighted by Crippen LogP contribution is -2.47. The number of carbonyl (C=O) groups is 4. The molecule has 0 bridgehead atoms. The first-order valence-electron chi connectivity index (χ1n) is 20.3. The Kier molecular flexibility index (Phi) is 10.3. The average molecular weight is 815 g/mol. The summed E-state index contributed by atoms with van der Waals surface area (Å²) in [5, 5.41) is 27.4. The van der Waals surface area contributed by atoms with Gasteiger partial charge in [-0.1, -0.05) is 30.3 Å². The van der Waals surface area contributed by atoms with Crippen LogP contribution in [-0.2, 0) is 42.6 Å². The predicted molar refractivity (Wildman–Crippen MR) is 215 cm³/mol. The fourth-order valence-corrected chi connectivity index (χ4v) is 8.52. The number of anilines is 2. The summed E-state index contributed by atoms with van der Waals surface area (Å²) in [5.74, 6) is 2.03. The van der Waals surface area contributed by atoms with Crippen LogP contribution < -0.4 is 20.4 Å². The van der Waals surface area contributed by atoms with Crippen LogP contribution in [0.5, 0.6) is 0 Å². The molecule has 0 spiro atoms. The highest BCUT2D eigenvalue weighted by atomic mass is 16.2. The average Bonchev–Trinajstić information content (AvgIpc) is 4.12. The third kappa shape index (κ3) is 7.32. The Morgan fingerprint density at radius 1 is 0.633 bits per heavy atom. The van der Waals surface area contributed by atoms with E-state index in [4.69, 9.17) is 0 Å². The molecule has 4 aliphatic rings. The van der Waals surface area contributed by atoms with Gasteiger partial charge in [0.25, 0.3) is 23.6 Å². The van der Waals surface area contributed by atoms with E-state index < -0.39 is 23.9 Å². The maximum Gasteiger partial charge on any atom is 0.291 e. The van der Waals surface area contributed by atoms with Crippen LogP contribution in [0.15, 0.2) is 67.3 Å². The minimum Gasteiger partial charge on any atom is -0.337 e. The molecule has 4 atom stereocenters. The van der Waals surface area contributed by atoms with E-state index in [9.17, 15) is 19.2 Å². The molecular formula is C40H46N16O4. The van der Waals surface area contributed by atoms with Crippen LogP contribution in [-0.4, -0.2) is 109 Å². The van der Waals surface area contributed by atoms with E-state index in [1.165, 1.54) is 9.80 Å². The van der Waals surface area contributed by atoms with Gasteiger partial charge in [0.15, 0.2) is 0 Å². The Hall–Kier alpha value is -6.99. The number of likely N-dealkylation sites (N-methyl/N-ethyl adjacent to an activating group) is 2. The molecule has 4 amide bonds. The highest BCUT2D eigenvalue weighted by molar-refractivity contribution is 6.01. The van der Waals surface area contributed by atoms with Gasteiger partial charge in [-0.2, -0.15) is 15.3 Å². The molecule has 6 aromatic rings. The van der Waals surface area contributed by atoms with E-state index in [-0.39, 0.29) is 35.5 Å². The van der Waals surface area contributed by atoms with Gasteiger partial charge in [0.2, 0.25) is 11.6 Å². The van der Waals surface area contributed by atoms with Crippen LogP contribution >= 0.6 is 0 Å². The van der Waals surface area contributed by atoms with Gasteiger partial charge in [0.05, 0.1) is 30.7 Å². The number of hydrogen-bond acceptors (Lipinski definition) is 11. The molecule has 2 N–H and O–H groups in total. The van der Waals surface area contributed by atoms with Crippen molar-refractivity contribution < 1.29 is 19.2 Å². The van der Waals surface area contributed by atoms with Gasteiger partial charge in [-0.25, -0.2) is 28.7 Å². The first-order chi connectivity index (χ1) is 29.1. The number of rotatable bonds is 6. The standard InChI is InChI=1S/C21H23N7O2.C19H23N9O2/c1-26-18-10-12-22-27(18)13-11-15(21(26)30)23-20(29)19-24-17-9-5-8-16(28(17)25-19)14-6-3-2-4-7-14;1-25-11-12(10-21-25)14-4-3-5-15-23-17(24-28(14)15)18(29)22-13-7-9-27-16(6-8-20-27)26(2)19(13)30/h2-4,6-7,10,12,15-16H,5,8-9,11,13H2,1H3,(H,23,29);6,8,10-11,13-14H,3-5,7,9H2,1-2H3,(H,22,29). The summed E-state index contributed by atoms with van der Waals surface area (Å²) in [5.41, 5.74) is 2.20. The predicted octanol–water partition coefficient (Wildman–Crippen LogP) is 1.86. The SMILES string of the molecule is CN1C(=O)C(NC(=O)c2nc3n(n2)C(c2ccccc2)CCC3)CCn2nccc21.CN1C(=O)C(NC(=O)c2nc3n(n2)C(c2cnn(C)c2)CCC3)CCn2nccc21. The van der Waals surface area contributed by atoms with Gasteiger partial charge < -0.3 is 10.6 Å². The smallest absolute Gasteiger partial charge is 0.291 e. The van der Waals surface area contributed by atoms with Gasteiger partial charge in [-0.15, -0.1) is 10.2 Å². The topological polar surface area (TPSA) is 214 Å². The van der Waals surface area contributed by atoms with Gasteiger partial charge in [-0.3, -0.25) is 33.7 Å². The second-order valence-corrected chi connectivity index (χ2v) is 15.5. The Morgan fingerprint density at radius 3 is 1.62 bits per heavy atom. The van der Waals surface area contributed by atoms with E-state index in [1.807, 2.05) is 47.0 Å². The van der Waals surface area contributed by atoms with Crippen LogP contribution in [0.1, 0.15) is 94.6 Å². The summed E-state index contributed by atoms with van der Waals surface area (Å²) >= 11 is 0. The summed E-state index contributed by atoms with van der Waals surface area (Å²) in [4.78, 5) is 63.5. The van der Waals surface area contributed by atoms with E-state index in [0.29, 0.717) is 31.7 Å². The molecule has 10 rings (SSSR count). The van der Waals surface area contributed by atoms with Gasteiger partial charge >= 0.3 is 0 Å². The van der Waals surface area contributed by atoms with Gasteiger partial charge in [-0.05, 0) is 44.1 Å². The first kappa shape index (κ1) is 38.5. The molecule has 0 saturated heterocycles. The zero-order valence-corrected chi connectivity index (χ0v) is 33.6. The molecule has 20 heteroatoms. The number of carbonyl (C=O) groups excluding carboxylic acids is 4. The summed E-state index contributed by atoms with van der Waals surface area (Å²) in [6, 6.07) is 12.5. The highest BCUT2D eigenvalue weighted by Crippen LogP contribution is 2.31. The molecule has 0 fully saturated rings. The van der Waals surface area contributed by atoms with Gasteiger partial charge in [0, 0.05) is 71.0 Å². The number of nitrogens with one attached hydrogen (secondary N) is 2. The Bertz CT molecular complexity index is 2550. The van der Waals surface area contributed by atoms with E-state index in [1.54, 1.807) is 52.7 Å². The van der Waals surface area contributed by atoms with Crippen molar-refractivity contribution >= 4 is 35.3 Å². The number of fused-ring (bicyclic) bond motifs is 4. The molecular weight excluding hydrogens is 769 g/mol. The molecule has 0 aliphatic carbocycles. The number of benzene rings is 1. The fraction of sp³-hybridized carbons (Fsp3) is 0.425. The Balaban J connectivity index is 0.000000154. The number of amides is 4. The second kappa shape index (κ2) is 16.0. The van der Waals surface area contributed by atoms with Crippen molar-refractivity contribution in [2.45, 2.75) is 88.6 Å². The molecule has 9 heterocycles. The van der Waals surface area contributed by atoms with E-state index in [2.05, 4.69) is 58.2 Å². The fourth-order valence-electron chi connectivity index (χ4n) is 8.52. The third-order valence-corrected chi connectivity index (χ3v) is 11.7. The van der Waals surface area contributed by atoms with Gasteiger partial charge in [0.1, 0.15) is 35.4 Å². The van der Waals surface area contributed by atoms with Crippen LogP contribution in [0.25, 0.3) is 0 Å². The van der Waals surface area contributed by atoms with E-state index >= 15 is 0 Å². The molecule has 60 heavy (non-hydrogen) atoms. The summed E-state index contributed by atoms with van der Waals surface area (Å²) < 4.78 is 8.97. The molecule has 5 aromatic heterocycles. The van der Waals surface area contributed by atoms with Crippen LogP contribution in [0.4, 0.5) is 11.6 Å². The zero-order chi connectivity index (χ0) is 41.5. The lowest BCUT2D eigenvalue weighted by molar-refractivity contribution is -0.120. The molecule has 0 saturated carbocycles. The zero-order valence-electron chi connectivity index (χ0n) is 33.6. The minimum absolute atomic E-state index is 0.0131. The van der Waals surface area contributed by atoms with Crippen molar-refractivity contribution in [1.29, 1.82) is 0 Å². The minimum atomic E-state index is -0.654. The highest BCUT2D eigenvalue weighted by Gasteiger charge is 2.34. The third-order valence-electron chi connectivity index (χ3n) is 11.7. The van der Waals surface area contributed by atoms with Crippen molar-refractivity contribution in [2.24, 2.45) is 7.05 Å². The second-order valence-electron chi connectivity index (χ2n) is 15.5. The molecule has 310 valence electrons. The number of aryl methyl sites for hydroxylation is 5. The first-order valence-corrected chi connectivity index (χ1v) is 20.3. The van der Waals surface area contributed by atoms with Crippen molar-refractivity contribution in [2.75, 3.05) is 23.9 Å². The van der Waals surface area contributed by atoms with Crippen LogP contribution in [0.3, 0.4) is 0 Å². The maximum atomic E-state index is 12.9. The largest absolute Gasteiger partial charge is 0.337 e. The van der Waals surface area contributed by atoms with Crippen molar-refractivity contribution in [3.63, 3.8) is 0 Å². The van der Waals surface area contributed by atoms with Crippen LogP contribution in [0, 0.1) is 0 Å². The van der Waals surface area contributed by atoms with Crippen molar-refractivity contribution in [3.8, 4) is 0 Å². The summed E-state index contributed by atoms with van der Waals surface area (Å²) in [6.45, 7) is 1.09. The molecule has 1 aromatic carbocycles. The van der Waals surface area contributed by atoms with Crippen molar-refractivity contribution in [1.82, 2.24) is 69.5 Å². The quantitative estimate of drug-likeness (QED) is 0.248.